The van der Waals surface area contributed by atoms with Crippen LogP contribution < -0.4 is 0 Å². The first-order valence-corrected chi connectivity index (χ1v) is 8.79. The molecule has 0 saturated heterocycles. The number of rotatable bonds is 4. The van der Waals surface area contributed by atoms with Crippen molar-refractivity contribution in [3.63, 3.8) is 0 Å². The van der Waals surface area contributed by atoms with E-state index in [1.165, 1.54) is 13.8 Å². The number of hydrogen-bond acceptors (Lipinski definition) is 5. The van der Waals surface area contributed by atoms with Crippen molar-refractivity contribution in [1.29, 1.82) is 0 Å². The van der Waals surface area contributed by atoms with Gasteiger partial charge in [0.15, 0.2) is 24.7 Å². The molecule has 0 radical (unpaired) electrons. The molecular formula is C10H12F3NO4S2. The fourth-order valence-corrected chi connectivity index (χ4v) is 3.89. The summed E-state index contributed by atoms with van der Waals surface area (Å²) < 4.78 is 84.8. The highest BCUT2D eigenvalue weighted by Gasteiger charge is 2.35. The number of sulfone groups is 2. The molecule has 1 aromatic heterocycles. The Hall–Kier alpha value is -1.16. The van der Waals surface area contributed by atoms with Gasteiger partial charge in [-0.25, -0.2) is 21.8 Å². The summed E-state index contributed by atoms with van der Waals surface area (Å²) in [5, 5.41) is -0.838. The number of nitrogens with zero attached hydrogens (tertiary/aromatic N) is 1. The van der Waals surface area contributed by atoms with Crippen molar-refractivity contribution in [2.75, 3.05) is 11.5 Å². The van der Waals surface area contributed by atoms with Crippen molar-refractivity contribution in [1.82, 2.24) is 4.98 Å². The van der Waals surface area contributed by atoms with Gasteiger partial charge in [-0.05, 0) is 6.07 Å². The Labute approximate surface area is 114 Å². The molecule has 0 spiro atoms. The summed E-state index contributed by atoms with van der Waals surface area (Å²) in [5.74, 6) is -0.986. The van der Waals surface area contributed by atoms with Gasteiger partial charge in [-0.15, -0.1) is 0 Å². The maximum absolute atomic E-state index is 12.6. The first-order valence-electron chi connectivity index (χ1n) is 5.48. The van der Waals surface area contributed by atoms with Crippen molar-refractivity contribution in [2.45, 2.75) is 29.9 Å². The minimum Gasteiger partial charge on any atom is -0.243 e. The lowest BCUT2D eigenvalue weighted by atomic mass is 10.3. The molecule has 0 N–H and O–H groups in total. The molecule has 20 heavy (non-hydrogen) atoms. The zero-order valence-corrected chi connectivity index (χ0v) is 12.2. The zero-order chi connectivity index (χ0) is 15.8. The zero-order valence-electron chi connectivity index (χ0n) is 10.6. The summed E-state index contributed by atoms with van der Waals surface area (Å²) in [6.07, 6.45) is -4.49. The van der Waals surface area contributed by atoms with E-state index in [4.69, 9.17) is 0 Å². The first kappa shape index (κ1) is 16.9. The number of halogens is 3. The second-order valence-corrected chi connectivity index (χ2v) is 8.27. The van der Waals surface area contributed by atoms with Crippen LogP contribution in [-0.2, 0) is 25.9 Å². The van der Waals surface area contributed by atoms with Gasteiger partial charge in [-0.1, -0.05) is 13.8 Å². The number of pyridine rings is 1. The lowest BCUT2D eigenvalue weighted by Gasteiger charge is -2.12. The average molecular weight is 331 g/mol. The fourth-order valence-electron chi connectivity index (χ4n) is 1.34. The third-order valence-electron chi connectivity index (χ3n) is 2.54. The van der Waals surface area contributed by atoms with Gasteiger partial charge >= 0.3 is 6.18 Å². The van der Waals surface area contributed by atoms with Crippen molar-refractivity contribution in [3.05, 3.63) is 17.8 Å². The molecule has 0 unspecified atom stereocenters. The van der Waals surface area contributed by atoms with Crippen molar-refractivity contribution in [3.8, 4) is 0 Å². The highest BCUT2D eigenvalue weighted by molar-refractivity contribution is 7.94. The van der Waals surface area contributed by atoms with E-state index in [1.54, 1.807) is 0 Å². The maximum Gasteiger partial charge on any atom is 0.417 e. The molecule has 0 saturated carbocycles. The minimum atomic E-state index is -4.81. The summed E-state index contributed by atoms with van der Waals surface area (Å²) >= 11 is 0. The van der Waals surface area contributed by atoms with E-state index in [1.807, 2.05) is 0 Å². The van der Waals surface area contributed by atoms with E-state index >= 15 is 0 Å². The van der Waals surface area contributed by atoms with E-state index in [-0.39, 0.29) is 0 Å². The summed E-state index contributed by atoms with van der Waals surface area (Å²) in [6.45, 7) is 2.45. The molecule has 0 aliphatic rings. The lowest BCUT2D eigenvalue weighted by Crippen LogP contribution is -2.17. The monoisotopic (exact) mass is 331 g/mol. The number of alkyl halides is 3. The van der Waals surface area contributed by atoms with E-state index in [9.17, 15) is 30.0 Å². The molecule has 0 amide bonds. The maximum atomic E-state index is 12.6. The quantitative estimate of drug-likeness (QED) is 0.838. The van der Waals surface area contributed by atoms with Crippen LogP contribution in [0.4, 0.5) is 13.2 Å². The van der Waals surface area contributed by atoms with Gasteiger partial charge in [0.2, 0.25) is 0 Å². The van der Waals surface area contributed by atoms with Crippen LogP contribution >= 0.6 is 0 Å². The van der Waals surface area contributed by atoms with E-state index in [2.05, 4.69) is 4.98 Å². The Morgan fingerprint density at radius 3 is 1.95 bits per heavy atom. The smallest absolute Gasteiger partial charge is 0.243 e. The van der Waals surface area contributed by atoms with Crippen LogP contribution in [0, 0.1) is 0 Å². The SMILES string of the molecule is CCS(=O)(=O)c1cc(C(F)(F)F)cnc1S(=O)(=O)CC. The predicted molar refractivity (Wildman–Crippen MR) is 64.7 cm³/mol. The predicted octanol–water partition coefficient (Wildman–Crippen LogP) is 1.69. The Morgan fingerprint density at radius 1 is 1.05 bits per heavy atom. The third-order valence-corrected chi connectivity index (χ3v) is 6.08. The van der Waals surface area contributed by atoms with Gasteiger partial charge in [0.1, 0.15) is 4.90 Å². The van der Waals surface area contributed by atoms with Crippen LogP contribution in [0.2, 0.25) is 0 Å². The summed E-state index contributed by atoms with van der Waals surface area (Å²) in [5.41, 5.74) is -1.31. The second-order valence-electron chi connectivity index (χ2n) is 3.83. The van der Waals surface area contributed by atoms with Crippen LogP contribution in [0.3, 0.4) is 0 Å². The third kappa shape index (κ3) is 3.29. The number of hydrogen-bond donors (Lipinski definition) is 0. The number of aromatic nitrogens is 1. The lowest BCUT2D eigenvalue weighted by molar-refractivity contribution is -0.138. The van der Waals surface area contributed by atoms with Crippen molar-refractivity contribution < 1.29 is 30.0 Å². The molecule has 0 aromatic carbocycles. The van der Waals surface area contributed by atoms with Gasteiger partial charge in [-0.2, -0.15) is 13.2 Å². The fraction of sp³-hybridized carbons (Fsp3) is 0.500. The largest absolute Gasteiger partial charge is 0.417 e. The van der Waals surface area contributed by atoms with Gasteiger partial charge in [0.05, 0.1) is 17.1 Å². The van der Waals surface area contributed by atoms with Gasteiger partial charge in [-0.3, -0.25) is 0 Å². The molecule has 1 rings (SSSR count). The Bertz CT molecular complexity index is 709. The highest BCUT2D eigenvalue weighted by Crippen LogP contribution is 2.32. The van der Waals surface area contributed by atoms with E-state index in [0.29, 0.717) is 12.3 Å². The van der Waals surface area contributed by atoms with Crippen LogP contribution in [0.15, 0.2) is 22.2 Å². The topological polar surface area (TPSA) is 81.2 Å². The molecule has 0 bridgehead atoms. The molecule has 0 aliphatic carbocycles. The van der Waals surface area contributed by atoms with Crippen molar-refractivity contribution in [2.24, 2.45) is 0 Å². The van der Waals surface area contributed by atoms with Crippen LogP contribution in [0.1, 0.15) is 19.4 Å². The van der Waals surface area contributed by atoms with Crippen LogP contribution in [0.5, 0.6) is 0 Å². The van der Waals surface area contributed by atoms with Crippen molar-refractivity contribution >= 4 is 19.7 Å². The van der Waals surface area contributed by atoms with Crippen LogP contribution in [0.25, 0.3) is 0 Å². The van der Waals surface area contributed by atoms with Gasteiger partial charge < -0.3 is 0 Å². The molecule has 114 valence electrons. The Kier molecular flexibility index (Phi) is 4.49. The Balaban J connectivity index is 3.74. The average Bonchev–Trinajstić information content (AvgIpc) is 2.37. The standard InChI is InChI=1S/C10H12F3NO4S2/c1-3-19(15,16)8-5-7(10(11,12)13)6-14-9(8)20(17,18)4-2/h5-6H,3-4H2,1-2H3. The molecule has 1 heterocycles. The molecule has 0 fully saturated rings. The van der Waals surface area contributed by atoms with Crippen LogP contribution in [-0.4, -0.2) is 33.3 Å². The molecule has 0 atom stereocenters. The van der Waals surface area contributed by atoms with E-state index in [0.717, 1.165) is 0 Å². The second kappa shape index (κ2) is 5.32. The summed E-state index contributed by atoms with van der Waals surface area (Å²) in [7, 11) is -8.19. The molecule has 1 aromatic rings. The molecular weight excluding hydrogens is 319 g/mol. The Morgan fingerprint density at radius 2 is 1.55 bits per heavy atom. The highest BCUT2D eigenvalue weighted by atomic mass is 32.2. The summed E-state index contributed by atoms with van der Waals surface area (Å²) in [4.78, 5) is 2.31. The normalized spacial score (nSPS) is 13.4. The first-order chi connectivity index (χ1) is 8.95. The molecule has 0 aliphatic heterocycles. The molecule has 10 heteroatoms. The minimum absolute atomic E-state index is 0.314. The van der Waals surface area contributed by atoms with Gasteiger partial charge in [0.25, 0.3) is 0 Å². The van der Waals surface area contributed by atoms with E-state index < -0.39 is 52.8 Å². The summed E-state index contributed by atoms with van der Waals surface area (Å²) in [6, 6.07) is 0.314. The van der Waals surface area contributed by atoms with Gasteiger partial charge in [0, 0.05) is 6.20 Å². The molecule has 5 nitrogen and oxygen atoms in total.